The maximum Gasteiger partial charge on any atom is 0.246 e. The summed E-state index contributed by atoms with van der Waals surface area (Å²) in [5.41, 5.74) is -0.322. The highest BCUT2D eigenvalue weighted by atomic mass is 16.5. The summed E-state index contributed by atoms with van der Waals surface area (Å²) in [6.45, 7) is 8.49. The first-order chi connectivity index (χ1) is 7.35. The minimum atomic E-state index is -0.322. The molecule has 0 fully saturated rings. The van der Waals surface area contributed by atoms with Crippen molar-refractivity contribution in [3.8, 4) is 0 Å². The first-order valence-electron chi connectivity index (χ1n) is 5.52. The molecule has 0 radical (unpaired) electrons. The van der Waals surface area contributed by atoms with Crippen molar-refractivity contribution in [1.82, 2.24) is 10.6 Å². The number of amides is 2. The van der Waals surface area contributed by atoms with Crippen molar-refractivity contribution in [3.63, 3.8) is 0 Å². The SMILES string of the molecule is CCNC(=O)CCNC(=O)COC(C)(C)C. The largest absolute Gasteiger partial charge is 0.366 e. The van der Waals surface area contributed by atoms with Gasteiger partial charge in [-0.15, -0.1) is 0 Å². The van der Waals surface area contributed by atoms with Gasteiger partial charge < -0.3 is 15.4 Å². The first kappa shape index (κ1) is 14.9. The van der Waals surface area contributed by atoms with Crippen LogP contribution < -0.4 is 10.6 Å². The Morgan fingerprint density at radius 3 is 2.25 bits per heavy atom. The quantitative estimate of drug-likeness (QED) is 0.696. The zero-order chi connectivity index (χ0) is 12.6. The lowest BCUT2D eigenvalue weighted by atomic mass is 10.2. The van der Waals surface area contributed by atoms with E-state index >= 15 is 0 Å². The normalized spacial score (nSPS) is 11.0. The number of carbonyl (C=O) groups is 2. The topological polar surface area (TPSA) is 67.4 Å². The van der Waals surface area contributed by atoms with Gasteiger partial charge in [-0.3, -0.25) is 9.59 Å². The summed E-state index contributed by atoms with van der Waals surface area (Å²) in [4.78, 5) is 22.3. The predicted molar refractivity (Wildman–Crippen MR) is 62.0 cm³/mol. The third kappa shape index (κ3) is 9.45. The smallest absolute Gasteiger partial charge is 0.246 e. The van der Waals surface area contributed by atoms with Crippen molar-refractivity contribution in [2.75, 3.05) is 19.7 Å². The summed E-state index contributed by atoms with van der Waals surface area (Å²) in [5, 5.41) is 5.27. The third-order valence-electron chi connectivity index (χ3n) is 1.68. The molecule has 2 amide bonds. The Morgan fingerprint density at radius 1 is 1.12 bits per heavy atom. The molecular weight excluding hydrogens is 208 g/mol. The van der Waals surface area contributed by atoms with Crippen LogP contribution in [0.15, 0.2) is 0 Å². The van der Waals surface area contributed by atoms with E-state index < -0.39 is 0 Å². The lowest BCUT2D eigenvalue weighted by Crippen LogP contribution is -2.34. The van der Waals surface area contributed by atoms with Gasteiger partial charge in [0.1, 0.15) is 6.61 Å². The van der Waals surface area contributed by atoms with E-state index in [2.05, 4.69) is 10.6 Å². The molecule has 0 aliphatic rings. The molecule has 0 aromatic heterocycles. The van der Waals surface area contributed by atoms with Crippen LogP contribution in [0.5, 0.6) is 0 Å². The highest BCUT2D eigenvalue weighted by molar-refractivity contribution is 5.79. The fourth-order valence-electron chi connectivity index (χ4n) is 0.934. The van der Waals surface area contributed by atoms with E-state index in [9.17, 15) is 9.59 Å². The highest BCUT2D eigenvalue weighted by Gasteiger charge is 2.12. The number of hydrogen-bond donors (Lipinski definition) is 2. The van der Waals surface area contributed by atoms with Gasteiger partial charge >= 0.3 is 0 Å². The molecule has 94 valence electrons. The van der Waals surface area contributed by atoms with Crippen molar-refractivity contribution < 1.29 is 14.3 Å². The molecule has 0 unspecified atom stereocenters. The Labute approximate surface area is 96.9 Å². The molecule has 0 aromatic carbocycles. The zero-order valence-electron chi connectivity index (χ0n) is 10.6. The van der Waals surface area contributed by atoms with Gasteiger partial charge in [0, 0.05) is 19.5 Å². The van der Waals surface area contributed by atoms with Gasteiger partial charge in [0.25, 0.3) is 0 Å². The molecule has 0 bridgehead atoms. The van der Waals surface area contributed by atoms with Gasteiger partial charge in [0.2, 0.25) is 11.8 Å². The van der Waals surface area contributed by atoms with E-state index in [4.69, 9.17) is 4.74 Å². The van der Waals surface area contributed by atoms with Gasteiger partial charge in [-0.25, -0.2) is 0 Å². The fourth-order valence-corrected chi connectivity index (χ4v) is 0.934. The van der Waals surface area contributed by atoms with Gasteiger partial charge in [0.15, 0.2) is 0 Å². The van der Waals surface area contributed by atoms with Crippen molar-refractivity contribution in [1.29, 1.82) is 0 Å². The van der Waals surface area contributed by atoms with E-state index in [1.165, 1.54) is 0 Å². The van der Waals surface area contributed by atoms with Crippen molar-refractivity contribution in [3.05, 3.63) is 0 Å². The van der Waals surface area contributed by atoms with Crippen LogP contribution in [0.25, 0.3) is 0 Å². The van der Waals surface area contributed by atoms with Gasteiger partial charge in [-0.05, 0) is 27.7 Å². The molecule has 0 spiro atoms. The van der Waals surface area contributed by atoms with E-state index in [0.717, 1.165) is 0 Å². The van der Waals surface area contributed by atoms with Crippen LogP contribution in [0.1, 0.15) is 34.1 Å². The first-order valence-corrected chi connectivity index (χ1v) is 5.52. The fraction of sp³-hybridized carbons (Fsp3) is 0.818. The van der Waals surface area contributed by atoms with Gasteiger partial charge in [-0.1, -0.05) is 0 Å². The molecule has 0 heterocycles. The molecule has 0 aliphatic heterocycles. The number of nitrogens with one attached hydrogen (secondary N) is 2. The second-order valence-corrected chi connectivity index (χ2v) is 4.45. The third-order valence-corrected chi connectivity index (χ3v) is 1.68. The second kappa shape index (κ2) is 7.22. The van der Waals surface area contributed by atoms with Gasteiger partial charge in [0.05, 0.1) is 5.60 Å². The summed E-state index contributed by atoms with van der Waals surface area (Å²) in [7, 11) is 0. The Bertz CT molecular complexity index is 234. The molecule has 5 heteroatoms. The van der Waals surface area contributed by atoms with Crippen LogP contribution in [0.4, 0.5) is 0 Å². The van der Waals surface area contributed by atoms with Crippen LogP contribution in [0.2, 0.25) is 0 Å². The number of hydrogen-bond acceptors (Lipinski definition) is 3. The zero-order valence-corrected chi connectivity index (χ0v) is 10.6. The summed E-state index contributed by atoms with van der Waals surface area (Å²) in [6.07, 6.45) is 0.301. The van der Waals surface area contributed by atoms with Crippen LogP contribution in [-0.4, -0.2) is 37.1 Å². The molecule has 0 aliphatic carbocycles. The number of rotatable bonds is 6. The van der Waals surface area contributed by atoms with Crippen LogP contribution in [0.3, 0.4) is 0 Å². The minimum absolute atomic E-state index is 0.0267. The van der Waals surface area contributed by atoms with Crippen molar-refractivity contribution in [2.24, 2.45) is 0 Å². The van der Waals surface area contributed by atoms with Gasteiger partial charge in [-0.2, -0.15) is 0 Å². The summed E-state index contributed by atoms with van der Waals surface area (Å²) >= 11 is 0. The molecular formula is C11H22N2O3. The summed E-state index contributed by atoms with van der Waals surface area (Å²) < 4.78 is 5.28. The Hall–Kier alpha value is -1.10. The standard InChI is InChI=1S/C11H22N2O3/c1-5-12-9(14)6-7-13-10(15)8-16-11(2,3)4/h5-8H2,1-4H3,(H,12,14)(H,13,15). The lowest BCUT2D eigenvalue weighted by Gasteiger charge is -2.18. The van der Waals surface area contributed by atoms with E-state index in [-0.39, 0.29) is 24.0 Å². The molecule has 0 saturated carbocycles. The minimum Gasteiger partial charge on any atom is -0.366 e. The lowest BCUT2D eigenvalue weighted by molar-refractivity contribution is -0.130. The maximum atomic E-state index is 11.3. The molecule has 2 N–H and O–H groups in total. The van der Waals surface area contributed by atoms with E-state index in [0.29, 0.717) is 19.5 Å². The maximum absolute atomic E-state index is 11.3. The average molecular weight is 230 g/mol. The number of ether oxygens (including phenoxy) is 1. The molecule has 0 rings (SSSR count). The summed E-state index contributed by atoms with van der Waals surface area (Å²) in [6, 6.07) is 0. The highest BCUT2D eigenvalue weighted by Crippen LogP contribution is 2.05. The summed E-state index contributed by atoms with van der Waals surface area (Å²) in [5.74, 6) is -0.251. The van der Waals surface area contributed by atoms with Crippen LogP contribution in [0, 0.1) is 0 Å². The Morgan fingerprint density at radius 2 is 1.75 bits per heavy atom. The molecule has 0 aromatic rings. The molecule has 0 atom stereocenters. The van der Waals surface area contributed by atoms with Crippen molar-refractivity contribution in [2.45, 2.75) is 39.7 Å². The van der Waals surface area contributed by atoms with Crippen LogP contribution in [-0.2, 0) is 14.3 Å². The number of carbonyl (C=O) groups excluding carboxylic acids is 2. The molecule has 0 saturated heterocycles. The van der Waals surface area contributed by atoms with E-state index in [1.54, 1.807) is 0 Å². The second-order valence-electron chi connectivity index (χ2n) is 4.45. The monoisotopic (exact) mass is 230 g/mol. The predicted octanol–water partition coefficient (Wildman–Crippen LogP) is 0.444. The van der Waals surface area contributed by atoms with Crippen LogP contribution >= 0.6 is 0 Å². The Balaban J connectivity index is 3.55. The molecule has 16 heavy (non-hydrogen) atoms. The molecule has 5 nitrogen and oxygen atoms in total. The van der Waals surface area contributed by atoms with E-state index in [1.807, 2.05) is 27.7 Å². The van der Waals surface area contributed by atoms with Crippen molar-refractivity contribution >= 4 is 11.8 Å². The average Bonchev–Trinajstić information content (AvgIpc) is 2.14. The Kier molecular flexibility index (Phi) is 6.72.